The molecular formula is C16H21NO. The zero-order valence-electron chi connectivity index (χ0n) is 11.4. The van der Waals surface area contributed by atoms with Gasteiger partial charge in [0.15, 0.2) is 0 Å². The van der Waals surface area contributed by atoms with Crippen LogP contribution in [0.1, 0.15) is 19.4 Å². The van der Waals surface area contributed by atoms with Gasteiger partial charge in [-0.15, -0.1) is 0 Å². The molecule has 0 radical (unpaired) electrons. The van der Waals surface area contributed by atoms with Crippen molar-refractivity contribution in [2.24, 2.45) is 5.92 Å². The third-order valence-corrected chi connectivity index (χ3v) is 2.99. The van der Waals surface area contributed by atoms with Gasteiger partial charge in [-0.1, -0.05) is 32.0 Å². The number of methoxy groups -OCH3 is 1. The Kier molecular flexibility index (Phi) is 4.21. The van der Waals surface area contributed by atoms with Gasteiger partial charge in [0.25, 0.3) is 0 Å². The number of hydrogen-bond acceptors (Lipinski definition) is 2. The van der Waals surface area contributed by atoms with Crippen molar-refractivity contribution in [1.82, 2.24) is 5.32 Å². The molecule has 0 saturated heterocycles. The third-order valence-electron chi connectivity index (χ3n) is 2.99. The van der Waals surface area contributed by atoms with Crippen molar-refractivity contribution in [3.63, 3.8) is 0 Å². The highest BCUT2D eigenvalue weighted by Gasteiger charge is 1.99. The normalized spacial score (nSPS) is 11.1. The van der Waals surface area contributed by atoms with Gasteiger partial charge in [-0.3, -0.25) is 0 Å². The van der Waals surface area contributed by atoms with Gasteiger partial charge in [-0.2, -0.15) is 0 Å². The predicted octanol–water partition coefficient (Wildman–Crippen LogP) is 3.59. The molecular weight excluding hydrogens is 222 g/mol. The van der Waals surface area contributed by atoms with Gasteiger partial charge >= 0.3 is 0 Å². The first-order valence-corrected chi connectivity index (χ1v) is 6.46. The first kappa shape index (κ1) is 12.9. The maximum Gasteiger partial charge on any atom is 0.119 e. The van der Waals surface area contributed by atoms with Gasteiger partial charge in [-0.05, 0) is 47.0 Å². The summed E-state index contributed by atoms with van der Waals surface area (Å²) in [4.78, 5) is 0. The summed E-state index contributed by atoms with van der Waals surface area (Å²) in [6.45, 7) is 6.43. The van der Waals surface area contributed by atoms with E-state index in [2.05, 4.69) is 49.5 Å². The Morgan fingerprint density at radius 2 is 1.78 bits per heavy atom. The van der Waals surface area contributed by atoms with Crippen LogP contribution in [0.25, 0.3) is 10.8 Å². The van der Waals surface area contributed by atoms with Crippen LogP contribution in [0.4, 0.5) is 0 Å². The molecule has 2 aromatic carbocycles. The lowest BCUT2D eigenvalue weighted by atomic mass is 10.1. The van der Waals surface area contributed by atoms with E-state index < -0.39 is 0 Å². The standard InChI is InChI=1S/C16H21NO/c1-12(2)10-17-11-13-4-5-15-9-16(18-3)7-6-14(15)8-13/h4-9,12,17H,10-11H2,1-3H3. The fourth-order valence-corrected chi connectivity index (χ4v) is 2.02. The van der Waals surface area contributed by atoms with Crippen LogP contribution in [0, 0.1) is 5.92 Å². The van der Waals surface area contributed by atoms with Gasteiger partial charge < -0.3 is 10.1 Å². The lowest BCUT2D eigenvalue weighted by Crippen LogP contribution is -2.18. The van der Waals surface area contributed by atoms with E-state index in [9.17, 15) is 0 Å². The van der Waals surface area contributed by atoms with E-state index in [-0.39, 0.29) is 0 Å². The Morgan fingerprint density at radius 3 is 2.50 bits per heavy atom. The van der Waals surface area contributed by atoms with E-state index in [1.807, 2.05) is 6.07 Å². The number of ether oxygens (including phenoxy) is 1. The molecule has 0 fully saturated rings. The van der Waals surface area contributed by atoms with Gasteiger partial charge in [0.2, 0.25) is 0 Å². The monoisotopic (exact) mass is 243 g/mol. The highest BCUT2D eigenvalue weighted by atomic mass is 16.5. The van der Waals surface area contributed by atoms with Crippen LogP contribution >= 0.6 is 0 Å². The zero-order valence-corrected chi connectivity index (χ0v) is 11.4. The van der Waals surface area contributed by atoms with Crippen molar-refractivity contribution in [2.75, 3.05) is 13.7 Å². The average Bonchev–Trinajstić information content (AvgIpc) is 2.37. The van der Waals surface area contributed by atoms with Crippen molar-refractivity contribution in [3.05, 3.63) is 42.0 Å². The summed E-state index contributed by atoms with van der Waals surface area (Å²) >= 11 is 0. The van der Waals surface area contributed by atoms with Crippen LogP contribution in [-0.4, -0.2) is 13.7 Å². The van der Waals surface area contributed by atoms with Crippen LogP contribution in [0.15, 0.2) is 36.4 Å². The van der Waals surface area contributed by atoms with Crippen LogP contribution in [0.3, 0.4) is 0 Å². The summed E-state index contributed by atoms with van der Waals surface area (Å²) in [6, 6.07) is 12.8. The summed E-state index contributed by atoms with van der Waals surface area (Å²) in [6.07, 6.45) is 0. The van der Waals surface area contributed by atoms with E-state index in [0.29, 0.717) is 5.92 Å². The molecule has 0 aliphatic heterocycles. The second kappa shape index (κ2) is 5.87. The fourth-order valence-electron chi connectivity index (χ4n) is 2.02. The molecule has 0 spiro atoms. The largest absolute Gasteiger partial charge is 0.497 e. The Labute approximate surface area is 109 Å². The van der Waals surface area contributed by atoms with Crippen LogP contribution in [0.2, 0.25) is 0 Å². The Morgan fingerprint density at radius 1 is 1.06 bits per heavy atom. The molecule has 0 aromatic heterocycles. The van der Waals surface area contributed by atoms with Gasteiger partial charge in [-0.25, -0.2) is 0 Å². The number of benzene rings is 2. The quantitative estimate of drug-likeness (QED) is 0.866. The first-order chi connectivity index (χ1) is 8.69. The van der Waals surface area contributed by atoms with Crippen molar-refractivity contribution in [2.45, 2.75) is 20.4 Å². The molecule has 0 bridgehead atoms. The minimum absolute atomic E-state index is 0.690. The van der Waals surface area contributed by atoms with Crippen molar-refractivity contribution in [1.29, 1.82) is 0 Å². The number of rotatable bonds is 5. The molecule has 96 valence electrons. The topological polar surface area (TPSA) is 21.3 Å². The van der Waals surface area contributed by atoms with Gasteiger partial charge in [0.1, 0.15) is 5.75 Å². The molecule has 2 rings (SSSR count). The Hall–Kier alpha value is -1.54. The fraction of sp³-hybridized carbons (Fsp3) is 0.375. The smallest absolute Gasteiger partial charge is 0.119 e. The van der Waals surface area contributed by atoms with Gasteiger partial charge in [0.05, 0.1) is 7.11 Å². The first-order valence-electron chi connectivity index (χ1n) is 6.46. The van der Waals surface area contributed by atoms with Crippen LogP contribution < -0.4 is 10.1 Å². The zero-order chi connectivity index (χ0) is 13.0. The maximum absolute atomic E-state index is 5.23. The van der Waals surface area contributed by atoms with Crippen LogP contribution in [0.5, 0.6) is 5.75 Å². The van der Waals surface area contributed by atoms with Crippen molar-refractivity contribution >= 4 is 10.8 Å². The summed E-state index contributed by atoms with van der Waals surface area (Å²) in [5, 5.41) is 5.95. The second-order valence-electron chi connectivity index (χ2n) is 5.07. The SMILES string of the molecule is COc1ccc2cc(CNCC(C)C)ccc2c1. The third kappa shape index (κ3) is 3.23. The number of hydrogen-bond donors (Lipinski definition) is 1. The summed E-state index contributed by atoms with van der Waals surface area (Å²) in [7, 11) is 1.70. The van der Waals surface area contributed by atoms with E-state index in [0.717, 1.165) is 18.8 Å². The minimum Gasteiger partial charge on any atom is -0.497 e. The molecule has 0 saturated carbocycles. The molecule has 0 amide bonds. The maximum atomic E-state index is 5.23. The Balaban J connectivity index is 2.12. The van der Waals surface area contributed by atoms with Gasteiger partial charge in [0, 0.05) is 6.54 Å². The second-order valence-corrected chi connectivity index (χ2v) is 5.07. The number of fused-ring (bicyclic) bond motifs is 1. The van der Waals surface area contributed by atoms with E-state index in [1.165, 1.54) is 16.3 Å². The molecule has 2 aromatic rings. The molecule has 0 unspecified atom stereocenters. The summed E-state index contributed by atoms with van der Waals surface area (Å²) < 4.78 is 5.23. The minimum atomic E-state index is 0.690. The molecule has 0 atom stereocenters. The lowest BCUT2D eigenvalue weighted by molar-refractivity contribution is 0.415. The molecule has 0 aliphatic carbocycles. The molecule has 18 heavy (non-hydrogen) atoms. The average molecular weight is 243 g/mol. The van der Waals surface area contributed by atoms with Crippen molar-refractivity contribution < 1.29 is 4.74 Å². The van der Waals surface area contributed by atoms with Crippen molar-refractivity contribution in [3.8, 4) is 5.75 Å². The van der Waals surface area contributed by atoms with E-state index in [4.69, 9.17) is 4.74 Å². The molecule has 1 N–H and O–H groups in total. The summed E-state index contributed by atoms with van der Waals surface area (Å²) in [5.41, 5.74) is 1.33. The lowest BCUT2D eigenvalue weighted by Gasteiger charge is -2.09. The van der Waals surface area contributed by atoms with Crippen LogP contribution in [-0.2, 0) is 6.54 Å². The van der Waals surface area contributed by atoms with E-state index in [1.54, 1.807) is 7.11 Å². The molecule has 0 heterocycles. The Bertz CT molecular complexity index is 519. The van der Waals surface area contributed by atoms with E-state index >= 15 is 0 Å². The predicted molar refractivity (Wildman–Crippen MR) is 77.0 cm³/mol. The molecule has 2 heteroatoms. The highest BCUT2D eigenvalue weighted by Crippen LogP contribution is 2.21. The highest BCUT2D eigenvalue weighted by molar-refractivity contribution is 5.84. The molecule has 2 nitrogen and oxygen atoms in total. The number of nitrogens with one attached hydrogen (secondary N) is 1. The summed E-state index contributed by atoms with van der Waals surface area (Å²) in [5.74, 6) is 1.60. The molecule has 0 aliphatic rings.